The third-order valence-corrected chi connectivity index (χ3v) is 2.56. The molecule has 1 aliphatic rings. The zero-order valence-electron chi connectivity index (χ0n) is 8.54. The summed E-state index contributed by atoms with van der Waals surface area (Å²) >= 11 is 0. The second-order valence-electron chi connectivity index (χ2n) is 3.40. The normalized spacial score (nSPS) is 19.0. The highest BCUT2D eigenvalue weighted by atomic mass is 16.5. The Hall–Kier alpha value is -1.44. The van der Waals surface area contributed by atoms with E-state index in [0.29, 0.717) is 0 Å². The van der Waals surface area contributed by atoms with Crippen molar-refractivity contribution in [2.24, 2.45) is 0 Å². The molecule has 0 radical (unpaired) electrons. The molecule has 0 saturated heterocycles. The van der Waals surface area contributed by atoms with Gasteiger partial charge in [0.1, 0.15) is 17.6 Å². The molecule has 0 bridgehead atoms. The van der Waals surface area contributed by atoms with E-state index in [1.807, 2.05) is 18.2 Å². The van der Waals surface area contributed by atoms with Gasteiger partial charge in [0, 0.05) is 5.56 Å². The molecule has 1 aromatic carbocycles. The van der Waals surface area contributed by atoms with Crippen LogP contribution in [0.25, 0.3) is 5.57 Å². The minimum absolute atomic E-state index is 0.136. The summed E-state index contributed by atoms with van der Waals surface area (Å²) in [6.07, 6.45) is 1.09. The molecule has 0 aliphatic carbocycles. The minimum atomic E-state index is 0.136. The van der Waals surface area contributed by atoms with Crippen LogP contribution < -0.4 is 9.47 Å². The number of ether oxygens (including phenoxy) is 2. The highest BCUT2D eigenvalue weighted by Gasteiger charge is 2.25. The van der Waals surface area contributed by atoms with Gasteiger partial charge in [-0.1, -0.05) is 13.5 Å². The average molecular weight is 190 g/mol. The van der Waals surface area contributed by atoms with Crippen molar-refractivity contribution in [3.05, 3.63) is 30.3 Å². The molecule has 74 valence electrons. The van der Waals surface area contributed by atoms with Crippen LogP contribution in [0.15, 0.2) is 24.8 Å². The summed E-state index contributed by atoms with van der Waals surface area (Å²) in [4.78, 5) is 0. The van der Waals surface area contributed by atoms with Crippen molar-refractivity contribution in [1.29, 1.82) is 0 Å². The van der Waals surface area contributed by atoms with Crippen LogP contribution >= 0.6 is 0 Å². The summed E-state index contributed by atoms with van der Waals surface area (Å²) < 4.78 is 10.9. The molecule has 0 unspecified atom stereocenters. The van der Waals surface area contributed by atoms with Crippen molar-refractivity contribution in [1.82, 2.24) is 0 Å². The molecule has 0 aromatic heterocycles. The molecule has 0 spiro atoms. The van der Waals surface area contributed by atoms with E-state index < -0.39 is 0 Å². The number of hydrogen-bond acceptors (Lipinski definition) is 2. The van der Waals surface area contributed by atoms with E-state index in [0.717, 1.165) is 29.1 Å². The molecule has 0 fully saturated rings. The monoisotopic (exact) mass is 190 g/mol. The molecular formula is C12H14O2. The maximum atomic E-state index is 5.71. The summed E-state index contributed by atoms with van der Waals surface area (Å²) in [5.74, 6) is 1.77. The number of rotatable bonds is 2. The predicted molar refractivity (Wildman–Crippen MR) is 56.7 cm³/mol. The first-order valence-electron chi connectivity index (χ1n) is 4.80. The maximum Gasteiger partial charge on any atom is 0.128 e. The Kier molecular flexibility index (Phi) is 2.20. The van der Waals surface area contributed by atoms with Crippen LogP contribution in [0.2, 0.25) is 0 Å². The second kappa shape index (κ2) is 3.37. The van der Waals surface area contributed by atoms with Crippen LogP contribution in [-0.4, -0.2) is 13.2 Å². The molecule has 1 aromatic rings. The fourth-order valence-electron chi connectivity index (χ4n) is 1.72. The van der Waals surface area contributed by atoms with Crippen LogP contribution in [-0.2, 0) is 0 Å². The highest BCUT2D eigenvalue weighted by molar-refractivity contribution is 5.76. The van der Waals surface area contributed by atoms with E-state index >= 15 is 0 Å². The summed E-state index contributed by atoms with van der Waals surface area (Å²) in [5, 5.41) is 0. The number of methoxy groups -OCH3 is 1. The average Bonchev–Trinajstić information content (AvgIpc) is 2.55. The van der Waals surface area contributed by atoms with Crippen LogP contribution in [0.3, 0.4) is 0 Å². The highest BCUT2D eigenvalue weighted by Crippen LogP contribution is 2.39. The van der Waals surface area contributed by atoms with Crippen LogP contribution in [0.5, 0.6) is 11.5 Å². The fourth-order valence-corrected chi connectivity index (χ4v) is 1.72. The molecule has 0 N–H and O–H groups in total. The van der Waals surface area contributed by atoms with Gasteiger partial charge in [-0.3, -0.25) is 0 Å². The standard InChI is InChI=1S/C12H14O2/c1-4-11-8(2)10-7-9(13-3)5-6-12(10)14-11/h5-7,11H,2,4H2,1,3H3/t11-/m0/s1. The summed E-state index contributed by atoms with van der Waals surface area (Å²) in [6.45, 7) is 6.14. The molecule has 2 rings (SSSR count). The minimum Gasteiger partial charge on any atom is -0.497 e. The molecule has 1 aliphatic heterocycles. The van der Waals surface area contributed by atoms with E-state index in [9.17, 15) is 0 Å². The van der Waals surface area contributed by atoms with Crippen LogP contribution in [0.4, 0.5) is 0 Å². The Balaban J connectivity index is 2.40. The van der Waals surface area contributed by atoms with Crippen molar-refractivity contribution < 1.29 is 9.47 Å². The van der Waals surface area contributed by atoms with Gasteiger partial charge in [-0.25, -0.2) is 0 Å². The molecule has 14 heavy (non-hydrogen) atoms. The Labute approximate surface area is 84.2 Å². The maximum absolute atomic E-state index is 5.71. The Bertz CT molecular complexity index is 369. The van der Waals surface area contributed by atoms with Gasteiger partial charge in [-0.15, -0.1) is 0 Å². The van der Waals surface area contributed by atoms with Gasteiger partial charge in [0.15, 0.2) is 0 Å². The van der Waals surface area contributed by atoms with Gasteiger partial charge in [0.05, 0.1) is 7.11 Å². The van der Waals surface area contributed by atoms with Gasteiger partial charge in [-0.2, -0.15) is 0 Å². The quantitative estimate of drug-likeness (QED) is 0.714. The molecular weight excluding hydrogens is 176 g/mol. The molecule has 1 atom stereocenters. The number of benzene rings is 1. The predicted octanol–water partition coefficient (Wildman–Crippen LogP) is 2.88. The van der Waals surface area contributed by atoms with Crippen molar-refractivity contribution in [3.8, 4) is 11.5 Å². The number of hydrogen-bond donors (Lipinski definition) is 0. The lowest BCUT2D eigenvalue weighted by molar-refractivity contribution is 0.272. The smallest absolute Gasteiger partial charge is 0.128 e. The van der Waals surface area contributed by atoms with Gasteiger partial charge in [0.2, 0.25) is 0 Å². The lowest BCUT2D eigenvalue weighted by atomic mass is 10.0. The van der Waals surface area contributed by atoms with E-state index in [2.05, 4.69) is 13.5 Å². The largest absolute Gasteiger partial charge is 0.497 e. The molecule has 0 amide bonds. The van der Waals surface area contributed by atoms with Crippen molar-refractivity contribution >= 4 is 5.57 Å². The zero-order chi connectivity index (χ0) is 10.1. The third-order valence-electron chi connectivity index (χ3n) is 2.56. The molecule has 2 nitrogen and oxygen atoms in total. The van der Waals surface area contributed by atoms with Crippen LogP contribution in [0.1, 0.15) is 18.9 Å². The molecule has 2 heteroatoms. The Morgan fingerprint density at radius 3 is 2.93 bits per heavy atom. The van der Waals surface area contributed by atoms with E-state index in [1.54, 1.807) is 7.11 Å². The molecule has 1 heterocycles. The number of fused-ring (bicyclic) bond motifs is 1. The van der Waals surface area contributed by atoms with E-state index in [4.69, 9.17) is 9.47 Å². The van der Waals surface area contributed by atoms with Crippen molar-refractivity contribution in [3.63, 3.8) is 0 Å². The topological polar surface area (TPSA) is 18.5 Å². The summed E-state index contributed by atoms with van der Waals surface area (Å²) in [5.41, 5.74) is 2.14. The van der Waals surface area contributed by atoms with E-state index in [1.165, 1.54) is 0 Å². The van der Waals surface area contributed by atoms with E-state index in [-0.39, 0.29) is 6.10 Å². The lowest BCUT2D eigenvalue weighted by Crippen LogP contribution is -2.08. The van der Waals surface area contributed by atoms with Gasteiger partial charge >= 0.3 is 0 Å². The fraction of sp³-hybridized carbons (Fsp3) is 0.333. The molecule has 0 saturated carbocycles. The first-order chi connectivity index (χ1) is 6.76. The second-order valence-corrected chi connectivity index (χ2v) is 3.40. The van der Waals surface area contributed by atoms with Gasteiger partial charge in [-0.05, 0) is 30.2 Å². The first-order valence-corrected chi connectivity index (χ1v) is 4.80. The van der Waals surface area contributed by atoms with Crippen molar-refractivity contribution in [2.75, 3.05) is 7.11 Å². The first kappa shape index (κ1) is 9.13. The van der Waals surface area contributed by atoms with Crippen molar-refractivity contribution in [2.45, 2.75) is 19.4 Å². The summed E-state index contributed by atoms with van der Waals surface area (Å²) in [6, 6.07) is 5.83. The SMILES string of the molecule is C=C1c2cc(OC)ccc2O[C@H]1CC. The zero-order valence-corrected chi connectivity index (χ0v) is 8.54. The third kappa shape index (κ3) is 1.27. The summed E-state index contributed by atoms with van der Waals surface area (Å²) in [7, 11) is 1.66. The van der Waals surface area contributed by atoms with Gasteiger partial charge in [0.25, 0.3) is 0 Å². The van der Waals surface area contributed by atoms with Gasteiger partial charge < -0.3 is 9.47 Å². The lowest BCUT2D eigenvalue weighted by Gasteiger charge is -2.07. The Morgan fingerprint density at radius 2 is 2.29 bits per heavy atom. The van der Waals surface area contributed by atoms with Crippen LogP contribution in [0, 0.1) is 0 Å². The Morgan fingerprint density at radius 1 is 1.50 bits per heavy atom.